The maximum Gasteiger partial charge on any atom is 0.340 e. The lowest BCUT2D eigenvalue weighted by Gasteiger charge is -2.13. The highest BCUT2D eigenvalue weighted by molar-refractivity contribution is 6.01. The van der Waals surface area contributed by atoms with Crippen LogP contribution >= 0.6 is 0 Å². The summed E-state index contributed by atoms with van der Waals surface area (Å²) in [6.45, 7) is 2.10. The van der Waals surface area contributed by atoms with Crippen LogP contribution in [0, 0.1) is 0 Å². The fraction of sp³-hybridized carbons (Fsp3) is 0.190. The molecule has 144 valence electrons. The fourth-order valence-electron chi connectivity index (χ4n) is 2.74. The first kappa shape index (κ1) is 19.2. The third-order valence-corrected chi connectivity index (χ3v) is 4.11. The number of nitrogens with zero attached hydrogens (tertiary/aromatic N) is 1. The number of anilines is 1. The molecule has 2 heterocycles. The number of H-pyrrole nitrogens is 1. The molecule has 3 rings (SSSR count). The van der Waals surface area contributed by atoms with E-state index in [0.29, 0.717) is 34.0 Å². The number of nitrogens with one attached hydrogen (secondary N) is 2. The van der Waals surface area contributed by atoms with Crippen LogP contribution in [0.15, 0.2) is 54.9 Å². The predicted octanol–water partition coefficient (Wildman–Crippen LogP) is 3.56. The van der Waals surface area contributed by atoms with Gasteiger partial charge in [0.05, 0.1) is 37.2 Å². The molecule has 28 heavy (non-hydrogen) atoms. The molecule has 0 bridgehead atoms. The molecule has 0 aliphatic heterocycles. The van der Waals surface area contributed by atoms with E-state index in [1.807, 2.05) is 18.2 Å². The maximum atomic E-state index is 12.4. The molecule has 0 amide bonds. The first-order valence-corrected chi connectivity index (χ1v) is 8.85. The summed E-state index contributed by atoms with van der Waals surface area (Å²) in [7, 11) is 1.52. The predicted molar refractivity (Wildman–Crippen MR) is 106 cm³/mol. The lowest BCUT2D eigenvalue weighted by atomic mass is 10.1. The van der Waals surface area contributed by atoms with Gasteiger partial charge in [-0.2, -0.15) is 0 Å². The first-order chi connectivity index (χ1) is 13.6. The molecular formula is C21H21N3O4. The molecule has 7 heteroatoms. The van der Waals surface area contributed by atoms with Crippen LogP contribution in [0.4, 0.5) is 5.69 Å². The van der Waals surface area contributed by atoms with Crippen molar-refractivity contribution in [1.82, 2.24) is 9.97 Å². The molecule has 1 aromatic carbocycles. The summed E-state index contributed by atoms with van der Waals surface area (Å²) in [6.07, 6.45) is 3.23. The number of carbonyl (C=O) groups excluding carboxylic acids is 2. The van der Waals surface area contributed by atoms with Crippen LogP contribution in [0.2, 0.25) is 0 Å². The highest BCUT2D eigenvalue weighted by atomic mass is 16.5. The van der Waals surface area contributed by atoms with E-state index >= 15 is 0 Å². The van der Waals surface area contributed by atoms with Crippen molar-refractivity contribution in [3.63, 3.8) is 0 Å². The third-order valence-electron chi connectivity index (χ3n) is 4.11. The van der Waals surface area contributed by atoms with Gasteiger partial charge in [0.25, 0.3) is 0 Å². The monoisotopic (exact) mass is 379 g/mol. The molecular weight excluding hydrogens is 358 g/mol. The summed E-state index contributed by atoms with van der Waals surface area (Å²) >= 11 is 0. The van der Waals surface area contributed by atoms with Crippen molar-refractivity contribution >= 4 is 17.4 Å². The third kappa shape index (κ3) is 4.20. The molecule has 2 aromatic heterocycles. The second kappa shape index (κ2) is 8.85. The van der Waals surface area contributed by atoms with E-state index in [1.54, 1.807) is 43.6 Å². The Balaban J connectivity index is 1.90. The highest BCUT2D eigenvalue weighted by Crippen LogP contribution is 2.31. The number of aromatic nitrogens is 2. The fourth-order valence-corrected chi connectivity index (χ4v) is 2.74. The highest BCUT2D eigenvalue weighted by Gasteiger charge is 2.20. The summed E-state index contributed by atoms with van der Waals surface area (Å²) in [5.41, 5.74) is 2.64. The molecule has 7 nitrogen and oxygen atoms in total. The molecule has 0 fully saturated rings. The van der Waals surface area contributed by atoms with Gasteiger partial charge >= 0.3 is 5.97 Å². The second-order valence-corrected chi connectivity index (χ2v) is 5.90. The Morgan fingerprint density at radius 2 is 1.89 bits per heavy atom. The average Bonchev–Trinajstić information content (AvgIpc) is 3.22. The van der Waals surface area contributed by atoms with Gasteiger partial charge in [-0.3, -0.25) is 4.79 Å². The van der Waals surface area contributed by atoms with Crippen molar-refractivity contribution in [2.24, 2.45) is 0 Å². The van der Waals surface area contributed by atoms with Crippen LogP contribution in [0.5, 0.6) is 5.88 Å². The van der Waals surface area contributed by atoms with Crippen LogP contribution in [0.1, 0.15) is 27.6 Å². The van der Waals surface area contributed by atoms with Gasteiger partial charge in [0.1, 0.15) is 0 Å². The quantitative estimate of drug-likeness (QED) is 0.459. The Kier molecular flexibility index (Phi) is 6.06. The number of ketones is 1. The number of hydrogen-bond acceptors (Lipinski definition) is 6. The van der Waals surface area contributed by atoms with Gasteiger partial charge in [-0.05, 0) is 13.0 Å². The Morgan fingerprint density at radius 1 is 1.11 bits per heavy atom. The minimum atomic E-state index is -0.449. The lowest BCUT2D eigenvalue weighted by molar-refractivity contribution is 0.0527. The number of benzene rings is 1. The molecule has 0 radical (unpaired) electrons. The van der Waals surface area contributed by atoms with E-state index < -0.39 is 5.97 Å². The zero-order chi connectivity index (χ0) is 19.9. The van der Waals surface area contributed by atoms with E-state index in [9.17, 15) is 9.59 Å². The van der Waals surface area contributed by atoms with Crippen molar-refractivity contribution in [2.75, 3.05) is 25.6 Å². The van der Waals surface area contributed by atoms with Crippen LogP contribution in [0.25, 0.3) is 11.3 Å². The number of carbonyl (C=O) groups is 2. The zero-order valence-corrected chi connectivity index (χ0v) is 15.7. The molecule has 0 saturated carbocycles. The van der Waals surface area contributed by atoms with Gasteiger partial charge in [-0.1, -0.05) is 30.3 Å². The molecule has 0 saturated heterocycles. The Bertz CT molecular complexity index is 967. The Labute approximate surface area is 162 Å². The number of Topliss-reactive ketones (excluding diaryl/α,β-unsaturated/α-hetero) is 1. The minimum absolute atomic E-state index is 0.0537. The number of esters is 1. The van der Waals surface area contributed by atoms with E-state index in [0.717, 1.165) is 0 Å². The largest absolute Gasteiger partial charge is 0.481 e. The van der Waals surface area contributed by atoms with Crippen LogP contribution in [-0.4, -0.2) is 42.0 Å². The van der Waals surface area contributed by atoms with Gasteiger partial charge in [0.15, 0.2) is 5.78 Å². The van der Waals surface area contributed by atoms with Crippen molar-refractivity contribution in [3.8, 4) is 17.1 Å². The van der Waals surface area contributed by atoms with Crippen molar-refractivity contribution in [3.05, 3.63) is 66.0 Å². The molecule has 0 aliphatic rings. The number of hydrogen-bond donors (Lipinski definition) is 2. The van der Waals surface area contributed by atoms with Gasteiger partial charge in [0, 0.05) is 29.6 Å². The number of methoxy groups -OCH3 is 1. The SMILES string of the molecule is CCOC(=O)c1c[nH]cc1-c1nc(OC)ccc1NCC(=O)c1ccccc1. The summed E-state index contributed by atoms with van der Waals surface area (Å²) in [6, 6.07) is 12.5. The molecule has 0 unspecified atom stereocenters. The Morgan fingerprint density at radius 3 is 2.61 bits per heavy atom. The van der Waals surface area contributed by atoms with Gasteiger partial charge in [-0.25, -0.2) is 9.78 Å². The Hall–Kier alpha value is -3.61. The minimum Gasteiger partial charge on any atom is -0.481 e. The smallest absolute Gasteiger partial charge is 0.340 e. The van der Waals surface area contributed by atoms with Crippen molar-refractivity contribution < 1.29 is 19.1 Å². The standard InChI is InChI=1S/C21H21N3O4/c1-3-28-21(26)16-12-22-11-15(16)20-17(9-10-19(24-20)27-2)23-13-18(25)14-7-5-4-6-8-14/h4-12,22-23H,3,13H2,1-2H3. The van der Waals surface area contributed by atoms with E-state index in [-0.39, 0.29) is 18.9 Å². The second-order valence-electron chi connectivity index (χ2n) is 5.90. The van der Waals surface area contributed by atoms with E-state index in [2.05, 4.69) is 15.3 Å². The maximum absolute atomic E-state index is 12.4. The summed E-state index contributed by atoms with van der Waals surface area (Å²) < 4.78 is 10.3. The normalized spacial score (nSPS) is 10.4. The topological polar surface area (TPSA) is 93.3 Å². The van der Waals surface area contributed by atoms with Gasteiger partial charge in [0.2, 0.25) is 5.88 Å². The van der Waals surface area contributed by atoms with Crippen LogP contribution in [0.3, 0.4) is 0 Å². The molecule has 0 spiro atoms. The van der Waals surface area contributed by atoms with Crippen LogP contribution in [-0.2, 0) is 4.74 Å². The summed E-state index contributed by atoms with van der Waals surface area (Å²) in [5.74, 6) is -0.109. The molecule has 3 aromatic rings. The molecule has 0 aliphatic carbocycles. The zero-order valence-electron chi connectivity index (χ0n) is 15.7. The first-order valence-electron chi connectivity index (χ1n) is 8.85. The number of aromatic amines is 1. The summed E-state index contributed by atoms with van der Waals surface area (Å²) in [4.78, 5) is 32.0. The van der Waals surface area contributed by atoms with E-state index in [4.69, 9.17) is 9.47 Å². The lowest BCUT2D eigenvalue weighted by Crippen LogP contribution is -2.15. The summed E-state index contributed by atoms with van der Waals surface area (Å²) in [5, 5.41) is 3.12. The van der Waals surface area contributed by atoms with Gasteiger partial charge in [-0.15, -0.1) is 0 Å². The number of ether oxygens (including phenoxy) is 2. The number of rotatable bonds is 8. The van der Waals surface area contributed by atoms with Gasteiger partial charge < -0.3 is 19.8 Å². The van der Waals surface area contributed by atoms with Crippen molar-refractivity contribution in [1.29, 1.82) is 0 Å². The van der Waals surface area contributed by atoms with Crippen molar-refractivity contribution in [2.45, 2.75) is 6.92 Å². The van der Waals surface area contributed by atoms with E-state index in [1.165, 1.54) is 7.11 Å². The average molecular weight is 379 g/mol. The van der Waals surface area contributed by atoms with Crippen LogP contribution < -0.4 is 10.1 Å². The molecule has 0 atom stereocenters. The molecule has 2 N–H and O–H groups in total. The number of pyridine rings is 1.